The standard InChI is InChI=1S/C20H30O2/c1-12-10-17-15-5-4-13-11-14(21)6-8-19(13,2)16(15)7-9-20(17,3)18(12)22/h4,12,14-17,21H,5-11H2,1-3H3/t12-,14+,15-,16+,17+,19+,20+/m1/s1. The first-order valence-electron chi connectivity index (χ1n) is 9.28. The van der Waals surface area contributed by atoms with Crippen LogP contribution in [0.5, 0.6) is 0 Å². The van der Waals surface area contributed by atoms with E-state index in [1.54, 1.807) is 0 Å². The maximum Gasteiger partial charge on any atom is 0.141 e. The Morgan fingerprint density at radius 2 is 1.86 bits per heavy atom. The molecule has 4 aliphatic rings. The molecule has 3 fully saturated rings. The predicted molar refractivity (Wildman–Crippen MR) is 87.3 cm³/mol. The van der Waals surface area contributed by atoms with E-state index in [9.17, 15) is 9.90 Å². The van der Waals surface area contributed by atoms with Gasteiger partial charge in [-0.25, -0.2) is 0 Å². The molecule has 122 valence electrons. The number of ketones is 1. The van der Waals surface area contributed by atoms with Crippen molar-refractivity contribution in [3.8, 4) is 0 Å². The molecular weight excluding hydrogens is 272 g/mol. The molecule has 1 N–H and O–H groups in total. The minimum absolute atomic E-state index is 0.0452. The summed E-state index contributed by atoms with van der Waals surface area (Å²) in [6, 6.07) is 0. The molecular formula is C20H30O2. The summed E-state index contributed by atoms with van der Waals surface area (Å²) in [6.07, 6.45) is 9.84. The zero-order chi connectivity index (χ0) is 15.7. The molecule has 7 atom stereocenters. The Hall–Kier alpha value is -0.630. The second kappa shape index (κ2) is 4.69. The predicted octanol–water partition coefficient (Wildman–Crippen LogP) is 4.13. The van der Waals surface area contributed by atoms with Crippen LogP contribution in [0.3, 0.4) is 0 Å². The molecule has 0 aliphatic heterocycles. The summed E-state index contributed by atoms with van der Waals surface area (Å²) in [7, 11) is 0. The lowest BCUT2D eigenvalue weighted by molar-refractivity contribution is -0.133. The summed E-state index contributed by atoms with van der Waals surface area (Å²) in [4.78, 5) is 12.7. The molecule has 0 radical (unpaired) electrons. The third-order valence-corrected chi connectivity index (χ3v) is 8.09. The Bertz CT molecular complexity index is 536. The molecule has 0 heterocycles. The maximum absolute atomic E-state index is 12.7. The number of hydrogen-bond donors (Lipinski definition) is 1. The first kappa shape index (κ1) is 14.9. The van der Waals surface area contributed by atoms with Crippen molar-refractivity contribution < 1.29 is 9.90 Å². The van der Waals surface area contributed by atoms with Gasteiger partial charge in [-0.05, 0) is 68.1 Å². The summed E-state index contributed by atoms with van der Waals surface area (Å²) >= 11 is 0. The van der Waals surface area contributed by atoms with Gasteiger partial charge in [-0.3, -0.25) is 4.79 Å². The van der Waals surface area contributed by atoms with Crippen molar-refractivity contribution in [2.24, 2.45) is 34.5 Å². The lowest BCUT2D eigenvalue weighted by Crippen LogP contribution is -2.50. The average Bonchev–Trinajstić information content (AvgIpc) is 2.72. The highest BCUT2D eigenvalue weighted by Gasteiger charge is 2.60. The molecule has 2 heteroatoms. The van der Waals surface area contributed by atoms with Gasteiger partial charge in [0.15, 0.2) is 0 Å². The van der Waals surface area contributed by atoms with E-state index in [2.05, 4.69) is 26.8 Å². The van der Waals surface area contributed by atoms with Crippen LogP contribution in [0.25, 0.3) is 0 Å². The van der Waals surface area contributed by atoms with Gasteiger partial charge < -0.3 is 5.11 Å². The molecule has 0 saturated heterocycles. The third kappa shape index (κ3) is 1.79. The quantitative estimate of drug-likeness (QED) is 0.683. The fourth-order valence-electron chi connectivity index (χ4n) is 6.75. The van der Waals surface area contributed by atoms with Crippen molar-refractivity contribution in [1.82, 2.24) is 0 Å². The van der Waals surface area contributed by atoms with E-state index < -0.39 is 0 Å². The smallest absolute Gasteiger partial charge is 0.141 e. The molecule has 0 aromatic heterocycles. The molecule has 2 nitrogen and oxygen atoms in total. The van der Waals surface area contributed by atoms with Crippen LogP contribution in [0.2, 0.25) is 0 Å². The first-order chi connectivity index (χ1) is 10.4. The van der Waals surface area contributed by atoms with Crippen molar-refractivity contribution in [3.05, 3.63) is 11.6 Å². The summed E-state index contributed by atoms with van der Waals surface area (Å²) in [5.41, 5.74) is 1.77. The molecule has 0 spiro atoms. The van der Waals surface area contributed by atoms with Gasteiger partial charge in [-0.1, -0.05) is 32.4 Å². The van der Waals surface area contributed by atoms with E-state index in [-0.39, 0.29) is 17.4 Å². The summed E-state index contributed by atoms with van der Waals surface area (Å²) in [5, 5.41) is 10.0. The van der Waals surface area contributed by atoms with E-state index in [0.29, 0.717) is 23.0 Å². The van der Waals surface area contributed by atoms with Crippen LogP contribution in [0.1, 0.15) is 65.7 Å². The van der Waals surface area contributed by atoms with E-state index in [1.807, 2.05) is 0 Å². The summed E-state index contributed by atoms with van der Waals surface area (Å²) < 4.78 is 0. The minimum Gasteiger partial charge on any atom is -0.393 e. The van der Waals surface area contributed by atoms with Crippen molar-refractivity contribution in [3.63, 3.8) is 0 Å². The molecule has 22 heavy (non-hydrogen) atoms. The number of fused-ring (bicyclic) bond motifs is 5. The third-order valence-electron chi connectivity index (χ3n) is 8.09. The highest BCUT2D eigenvalue weighted by atomic mass is 16.3. The van der Waals surface area contributed by atoms with Crippen LogP contribution in [0.15, 0.2) is 11.6 Å². The van der Waals surface area contributed by atoms with Gasteiger partial charge in [-0.2, -0.15) is 0 Å². The molecule has 0 aromatic carbocycles. The van der Waals surface area contributed by atoms with Gasteiger partial charge in [0.1, 0.15) is 5.78 Å². The van der Waals surface area contributed by atoms with Crippen LogP contribution >= 0.6 is 0 Å². The van der Waals surface area contributed by atoms with Gasteiger partial charge in [-0.15, -0.1) is 0 Å². The lowest BCUT2D eigenvalue weighted by Gasteiger charge is -2.56. The van der Waals surface area contributed by atoms with E-state index in [1.165, 1.54) is 12.0 Å². The minimum atomic E-state index is -0.127. The zero-order valence-electron chi connectivity index (χ0n) is 14.3. The van der Waals surface area contributed by atoms with Crippen molar-refractivity contribution >= 4 is 5.78 Å². The highest BCUT2D eigenvalue weighted by Crippen LogP contribution is 2.64. The van der Waals surface area contributed by atoms with Crippen LogP contribution in [-0.2, 0) is 4.79 Å². The molecule has 4 aliphatic carbocycles. The number of Topliss-reactive ketones (excluding diaryl/α,β-unsaturated/α-hetero) is 1. The largest absolute Gasteiger partial charge is 0.393 e. The Morgan fingerprint density at radius 3 is 2.64 bits per heavy atom. The lowest BCUT2D eigenvalue weighted by atomic mass is 9.48. The van der Waals surface area contributed by atoms with Gasteiger partial charge in [0.2, 0.25) is 0 Å². The fraction of sp³-hybridized carbons (Fsp3) is 0.850. The molecule has 0 amide bonds. The highest BCUT2D eigenvalue weighted by molar-refractivity contribution is 5.89. The number of aliphatic hydroxyl groups excluding tert-OH is 1. The van der Waals surface area contributed by atoms with Gasteiger partial charge >= 0.3 is 0 Å². The fourth-order valence-corrected chi connectivity index (χ4v) is 6.75. The van der Waals surface area contributed by atoms with Crippen molar-refractivity contribution in [2.75, 3.05) is 0 Å². The molecule has 3 saturated carbocycles. The summed E-state index contributed by atoms with van der Waals surface area (Å²) in [5.74, 6) is 2.82. The van der Waals surface area contributed by atoms with Crippen molar-refractivity contribution in [2.45, 2.75) is 71.8 Å². The normalized spacial score (nSPS) is 54.3. The number of aliphatic hydroxyl groups is 1. The Balaban J connectivity index is 1.70. The zero-order valence-corrected chi connectivity index (χ0v) is 14.3. The SMILES string of the molecule is C[C@@H]1C[C@H]2[C@@H]3CC=C4C[C@@H](O)CC[C@]4(C)[C@H]3CC[C@]2(C)C1=O. The Kier molecular flexibility index (Phi) is 3.18. The van der Waals surface area contributed by atoms with Crippen molar-refractivity contribution in [1.29, 1.82) is 0 Å². The Labute approximate surface area is 134 Å². The van der Waals surface area contributed by atoms with Gasteiger partial charge in [0.25, 0.3) is 0 Å². The Morgan fingerprint density at radius 1 is 1.14 bits per heavy atom. The number of rotatable bonds is 0. The number of allylic oxidation sites excluding steroid dienone is 1. The van der Waals surface area contributed by atoms with Gasteiger partial charge in [0.05, 0.1) is 6.10 Å². The topological polar surface area (TPSA) is 37.3 Å². The van der Waals surface area contributed by atoms with Crippen LogP contribution in [0.4, 0.5) is 0 Å². The van der Waals surface area contributed by atoms with E-state index in [0.717, 1.165) is 44.4 Å². The van der Waals surface area contributed by atoms with E-state index in [4.69, 9.17) is 0 Å². The molecule has 0 unspecified atom stereocenters. The van der Waals surface area contributed by atoms with Crippen LogP contribution in [-0.4, -0.2) is 17.0 Å². The van der Waals surface area contributed by atoms with Crippen LogP contribution in [0, 0.1) is 34.5 Å². The molecule has 0 aromatic rings. The number of carbonyl (C=O) groups excluding carboxylic acids is 1. The average molecular weight is 302 g/mol. The second-order valence-electron chi connectivity index (χ2n) is 9.11. The summed E-state index contributed by atoms with van der Waals surface area (Å²) in [6.45, 7) is 6.85. The maximum atomic E-state index is 12.7. The second-order valence-corrected chi connectivity index (χ2v) is 9.11. The monoisotopic (exact) mass is 302 g/mol. The molecule has 0 bridgehead atoms. The van der Waals surface area contributed by atoms with E-state index >= 15 is 0 Å². The van der Waals surface area contributed by atoms with Crippen LogP contribution < -0.4 is 0 Å². The van der Waals surface area contributed by atoms with Gasteiger partial charge in [0, 0.05) is 11.3 Å². The number of carbonyl (C=O) groups is 1. The molecule has 4 rings (SSSR count). The first-order valence-corrected chi connectivity index (χ1v) is 9.28. The number of hydrogen-bond acceptors (Lipinski definition) is 2.